The van der Waals surface area contributed by atoms with E-state index in [4.69, 9.17) is 4.74 Å². The summed E-state index contributed by atoms with van der Waals surface area (Å²) in [7, 11) is 0. The summed E-state index contributed by atoms with van der Waals surface area (Å²) in [5.41, 5.74) is 1.76. The molecule has 12 heteroatoms. The third-order valence-corrected chi connectivity index (χ3v) is 7.44. The van der Waals surface area contributed by atoms with E-state index in [9.17, 15) is 9.90 Å². The zero-order valence-corrected chi connectivity index (χ0v) is 23.9. The molecule has 0 aliphatic rings. The lowest BCUT2D eigenvalue weighted by atomic mass is 9.96. The number of halogens is 1. The molecule has 40 heavy (non-hydrogen) atoms. The van der Waals surface area contributed by atoms with Gasteiger partial charge in [0, 0.05) is 17.7 Å². The molecule has 5 aromatic rings. The van der Waals surface area contributed by atoms with Crippen molar-refractivity contribution in [3.63, 3.8) is 0 Å². The topological polar surface area (TPSA) is 117 Å². The van der Waals surface area contributed by atoms with Crippen LogP contribution < -0.4 is 9.64 Å². The Bertz CT molecular complexity index is 1670. The minimum atomic E-state index is -1.18. The van der Waals surface area contributed by atoms with Crippen LogP contribution in [0.25, 0.3) is 21.9 Å². The number of amides is 1. The summed E-state index contributed by atoms with van der Waals surface area (Å²) in [4.78, 5) is 34.4. The zero-order valence-electron chi connectivity index (χ0n) is 22.3. The van der Waals surface area contributed by atoms with E-state index < -0.39 is 11.9 Å². The number of fused-ring (bicyclic) bond motifs is 3. The van der Waals surface area contributed by atoms with E-state index in [1.54, 1.807) is 12.4 Å². The van der Waals surface area contributed by atoms with Crippen LogP contribution in [0, 0.1) is 11.2 Å². The highest BCUT2D eigenvalue weighted by atomic mass is 32.2. The Morgan fingerprint density at radius 3 is 2.50 bits per heavy atom. The summed E-state index contributed by atoms with van der Waals surface area (Å²) < 4.78 is 21.0. The Morgan fingerprint density at radius 1 is 1.12 bits per heavy atom. The Labute approximate surface area is 238 Å². The second kappa shape index (κ2) is 11.3. The van der Waals surface area contributed by atoms with E-state index in [1.165, 1.54) is 35.7 Å². The van der Waals surface area contributed by atoms with E-state index in [2.05, 4.69) is 24.9 Å². The molecule has 0 aliphatic carbocycles. The molecule has 1 amide bonds. The first-order valence-corrected chi connectivity index (χ1v) is 14.6. The molecule has 0 saturated heterocycles. The van der Waals surface area contributed by atoms with Crippen molar-refractivity contribution in [2.45, 2.75) is 36.7 Å². The molecule has 0 unspecified atom stereocenters. The number of carboxylic acid groups (broad SMARTS) is 1. The summed E-state index contributed by atoms with van der Waals surface area (Å²) in [5, 5.41) is 12.3. The number of ether oxygens (including phenoxy) is 1. The smallest absolute Gasteiger partial charge is 0.411 e. The van der Waals surface area contributed by atoms with Gasteiger partial charge in [0.25, 0.3) is 0 Å². The lowest BCUT2D eigenvalue weighted by Crippen LogP contribution is -2.37. The predicted molar refractivity (Wildman–Crippen MR) is 156 cm³/mol. The molecule has 0 atom stereocenters. The number of carbonyl (C=O) groups is 1. The molecule has 2 N–H and O–H groups in total. The number of rotatable bonds is 8. The second-order valence-electron chi connectivity index (χ2n) is 10.2. The van der Waals surface area contributed by atoms with Crippen molar-refractivity contribution >= 4 is 57.2 Å². The van der Waals surface area contributed by atoms with Crippen molar-refractivity contribution in [2.75, 3.05) is 17.7 Å². The third kappa shape index (κ3) is 6.13. The molecule has 3 aromatic heterocycles. The highest BCUT2D eigenvalue weighted by Crippen LogP contribution is 2.39. The van der Waals surface area contributed by atoms with Crippen LogP contribution in [0.1, 0.15) is 26.3 Å². The molecule has 9 nitrogen and oxygen atoms in total. The number of hydrogen-bond acceptors (Lipinski definition) is 8. The SMILES string of the molecule is CSc1ncc(Oc2nc(SCc3ccccc3)c3c(n2)[nH]c2c(N(CC(C)(C)C)C(=O)O)cc(F)cc23)cn1. The van der Waals surface area contributed by atoms with E-state index in [0.717, 1.165) is 10.5 Å². The van der Waals surface area contributed by atoms with Gasteiger partial charge in [-0.25, -0.2) is 19.2 Å². The second-order valence-corrected chi connectivity index (χ2v) is 12.0. The maximum Gasteiger partial charge on any atom is 0.411 e. The molecule has 206 valence electrons. The van der Waals surface area contributed by atoms with Gasteiger partial charge in [-0.15, -0.1) is 11.8 Å². The number of H-pyrrole nitrogens is 1. The summed E-state index contributed by atoms with van der Waals surface area (Å²) in [5.74, 6) is 0.396. The first kappa shape index (κ1) is 27.7. The number of nitrogens with zero attached hydrogens (tertiary/aromatic N) is 5. The summed E-state index contributed by atoms with van der Waals surface area (Å²) in [6, 6.07) is 12.5. The highest BCUT2D eigenvalue weighted by molar-refractivity contribution is 7.98. The first-order chi connectivity index (χ1) is 19.1. The predicted octanol–water partition coefficient (Wildman–Crippen LogP) is 7.38. The molecule has 0 bridgehead atoms. The van der Waals surface area contributed by atoms with Crippen LogP contribution in [0.4, 0.5) is 14.9 Å². The third-order valence-electron chi connectivity index (χ3n) is 5.82. The molecular formula is C28H27FN6O3S2. The van der Waals surface area contributed by atoms with Crippen molar-refractivity contribution in [3.8, 4) is 11.8 Å². The molecule has 3 heterocycles. The summed E-state index contributed by atoms with van der Waals surface area (Å²) in [6.45, 7) is 5.94. The number of hydrogen-bond donors (Lipinski definition) is 2. The number of benzene rings is 2. The van der Waals surface area contributed by atoms with Gasteiger partial charge in [-0.3, -0.25) is 4.90 Å². The maximum absolute atomic E-state index is 15.0. The normalized spacial score (nSPS) is 11.7. The minimum absolute atomic E-state index is 0.0573. The Kier molecular flexibility index (Phi) is 7.81. The molecule has 2 aromatic carbocycles. The van der Waals surface area contributed by atoms with Gasteiger partial charge >= 0.3 is 12.1 Å². The maximum atomic E-state index is 15.0. The summed E-state index contributed by atoms with van der Waals surface area (Å²) in [6.07, 6.45) is 3.78. The van der Waals surface area contributed by atoms with Crippen molar-refractivity contribution in [2.24, 2.45) is 5.41 Å². The lowest BCUT2D eigenvalue weighted by Gasteiger charge is -2.28. The minimum Gasteiger partial charge on any atom is -0.465 e. The van der Waals surface area contributed by atoms with Gasteiger partial charge in [0.15, 0.2) is 10.9 Å². The number of thioether (sulfide) groups is 2. The average molecular weight is 579 g/mol. The largest absolute Gasteiger partial charge is 0.465 e. The molecule has 5 rings (SSSR count). The quantitative estimate of drug-likeness (QED) is 0.110. The fourth-order valence-electron chi connectivity index (χ4n) is 4.18. The van der Waals surface area contributed by atoms with Crippen LogP contribution in [-0.2, 0) is 5.75 Å². The number of aromatic amines is 1. The van der Waals surface area contributed by atoms with Crippen LogP contribution in [0.15, 0.2) is 65.0 Å². The number of aromatic nitrogens is 5. The summed E-state index contributed by atoms with van der Waals surface area (Å²) >= 11 is 2.86. The zero-order chi connectivity index (χ0) is 28.4. The fourth-order valence-corrected chi connectivity index (χ4v) is 5.49. The van der Waals surface area contributed by atoms with Crippen molar-refractivity contribution in [3.05, 3.63) is 66.2 Å². The number of nitrogens with one attached hydrogen (secondary N) is 1. The van der Waals surface area contributed by atoms with Crippen LogP contribution in [-0.4, -0.2) is 48.9 Å². The Balaban J connectivity index is 1.66. The number of anilines is 1. The van der Waals surface area contributed by atoms with Gasteiger partial charge in [-0.1, -0.05) is 62.9 Å². The van der Waals surface area contributed by atoms with E-state index in [0.29, 0.717) is 43.6 Å². The molecule has 0 fully saturated rings. The van der Waals surface area contributed by atoms with E-state index in [1.807, 2.05) is 57.4 Å². The van der Waals surface area contributed by atoms with Gasteiger partial charge < -0.3 is 14.8 Å². The Hall–Kier alpha value is -3.90. The van der Waals surface area contributed by atoms with Crippen LogP contribution in [0.2, 0.25) is 0 Å². The molecule has 0 aliphatic heterocycles. The first-order valence-electron chi connectivity index (χ1n) is 12.4. The van der Waals surface area contributed by atoms with E-state index in [-0.39, 0.29) is 23.7 Å². The van der Waals surface area contributed by atoms with Crippen molar-refractivity contribution in [1.82, 2.24) is 24.9 Å². The standard InChI is InChI=1S/C28H27FN6O3S2/c1-28(2,3)15-35(27(36)37)20-11-17(29)10-19-21-23(32-22(19)20)33-25(38-18-12-30-26(39-4)31-13-18)34-24(21)40-14-16-8-6-5-7-9-16/h5-13H,14-15H2,1-4H3,(H,36,37)(H,32,33,34). The average Bonchev–Trinajstić information content (AvgIpc) is 3.28. The highest BCUT2D eigenvalue weighted by Gasteiger charge is 2.27. The van der Waals surface area contributed by atoms with Gasteiger partial charge in [0.2, 0.25) is 0 Å². The van der Waals surface area contributed by atoms with Crippen molar-refractivity contribution in [1.29, 1.82) is 0 Å². The lowest BCUT2D eigenvalue weighted by molar-refractivity contribution is 0.198. The van der Waals surface area contributed by atoms with Crippen molar-refractivity contribution < 1.29 is 19.0 Å². The van der Waals surface area contributed by atoms with Gasteiger partial charge in [-0.05, 0) is 29.4 Å². The van der Waals surface area contributed by atoms with E-state index >= 15 is 4.39 Å². The fraction of sp³-hybridized carbons (Fsp3) is 0.250. The van der Waals surface area contributed by atoms with Crippen LogP contribution >= 0.6 is 23.5 Å². The van der Waals surface area contributed by atoms with Gasteiger partial charge in [-0.2, -0.15) is 9.97 Å². The van der Waals surface area contributed by atoms with Crippen LogP contribution in [0.5, 0.6) is 11.8 Å². The van der Waals surface area contributed by atoms with Gasteiger partial charge in [0.1, 0.15) is 16.5 Å². The molecular weight excluding hydrogens is 551 g/mol. The monoisotopic (exact) mass is 578 g/mol. The van der Waals surface area contributed by atoms with Crippen LogP contribution in [0.3, 0.4) is 0 Å². The Morgan fingerprint density at radius 2 is 1.85 bits per heavy atom. The molecule has 0 radical (unpaired) electrons. The van der Waals surface area contributed by atoms with Gasteiger partial charge in [0.05, 0.1) is 29.0 Å². The molecule has 0 saturated carbocycles. The molecule has 0 spiro atoms.